The lowest BCUT2D eigenvalue weighted by Gasteiger charge is -2.35. The molecule has 170 valence electrons. The molecule has 1 amide bonds. The summed E-state index contributed by atoms with van der Waals surface area (Å²) in [5.74, 6) is 2.03. The summed E-state index contributed by atoms with van der Waals surface area (Å²) in [5.41, 5.74) is 5.20. The second-order valence-electron chi connectivity index (χ2n) is 8.20. The largest absolute Gasteiger partial charge is 0.493 e. The molecule has 7 nitrogen and oxygen atoms in total. The third-order valence-electron chi connectivity index (χ3n) is 6.39. The maximum absolute atomic E-state index is 13.1. The Labute approximate surface area is 188 Å². The molecule has 2 heterocycles. The number of carbonyl (C=O) groups excluding carboxylic acids is 1. The molecule has 0 aliphatic carbocycles. The van der Waals surface area contributed by atoms with Crippen molar-refractivity contribution in [3.8, 4) is 17.2 Å². The predicted molar refractivity (Wildman–Crippen MR) is 125 cm³/mol. The maximum Gasteiger partial charge on any atom is 0.253 e. The molecule has 0 radical (unpaired) electrons. The highest BCUT2D eigenvalue weighted by Crippen LogP contribution is 2.40. The number of aromatic amines is 1. The van der Waals surface area contributed by atoms with Crippen molar-refractivity contribution in [3.63, 3.8) is 0 Å². The van der Waals surface area contributed by atoms with Crippen LogP contribution in [0, 0.1) is 13.8 Å². The van der Waals surface area contributed by atoms with Crippen molar-refractivity contribution in [2.75, 3.05) is 47.5 Å². The Kier molecular flexibility index (Phi) is 6.28. The van der Waals surface area contributed by atoms with Gasteiger partial charge >= 0.3 is 0 Å². The lowest BCUT2D eigenvalue weighted by molar-refractivity contribution is 0.0627. The van der Waals surface area contributed by atoms with Crippen LogP contribution in [0.15, 0.2) is 30.3 Å². The van der Waals surface area contributed by atoms with Gasteiger partial charge in [-0.15, -0.1) is 0 Å². The number of methoxy groups -OCH3 is 3. The number of piperazine rings is 1. The van der Waals surface area contributed by atoms with Crippen LogP contribution in [-0.2, 0) is 6.54 Å². The number of amides is 1. The highest BCUT2D eigenvalue weighted by atomic mass is 16.5. The third-order valence-corrected chi connectivity index (χ3v) is 6.39. The van der Waals surface area contributed by atoms with E-state index in [9.17, 15) is 4.79 Å². The van der Waals surface area contributed by atoms with Gasteiger partial charge in [-0.1, -0.05) is 6.07 Å². The zero-order valence-electron chi connectivity index (χ0n) is 19.4. The second kappa shape index (κ2) is 9.12. The first-order valence-corrected chi connectivity index (χ1v) is 10.8. The van der Waals surface area contributed by atoms with E-state index in [2.05, 4.69) is 23.7 Å². The Hall–Kier alpha value is -3.19. The predicted octanol–water partition coefficient (Wildman–Crippen LogP) is 3.77. The van der Waals surface area contributed by atoms with Crippen molar-refractivity contribution in [2.45, 2.75) is 20.4 Å². The zero-order valence-corrected chi connectivity index (χ0v) is 19.4. The van der Waals surface area contributed by atoms with Gasteiger partial charge in [0.1, 0.15) is 0 Å². The van der Waals surface area contributed by atoms with Crippen LogP contribution < -0.4 is 14.2 Å². The number of nitrogens with one attached hydrogen (secondary N) is 1. The van der Waals surface area contributed by atoms with Gasteiger partial charge < -0.3 is 24.1 Å². The normalized spacial score (nSPS) is 14.6. The summed E-state index contributed by atoms with van der Waals surface area (Å²) >= 11 is 0. The first-order valence-electron chi connectivity index (χ1n) is 10.8. The van der Waals surface area contributed by atoms with E-state index < -0.39 is 0 Å². The SMILES string of the molecule is COc1ccc(CN2CCN(C(=O)c3ccc4[nH]c(C)c(C)c4c3)CC2)c(OC)c1OC. The first kappa shape index (κ1) is 22.0. The molecule has 7 heteroatoms. The topological polar surface area (TPSA) is 67.0 Å². The number of H-pyrrole nitrogens is 1. The molecule has 1 aliphatic rings. The molecule has 0 bridgehead atoms. The summed E-state index contributed by atoms with van der Waals surface area (Å²) in [4.78, 5) is 20.8. The summed E-state index contributed by atoms with van der Waals surface area (Å²) < 4.78 is 16.5. The molecule has 1 N–H and O–H groups in total. The van der Waals surface area contributed by atoms with Crippen molar-refractivity contribution in [1.29, 1.82) is 0 Å². The lowest BCUT2D eigenvalue weighted by Crippen LogP contribution is -2.48. The molecule has 1 aromatic heterocycles. The van der Waals surface area contributed by atoms with Gasteiger partial charge in [0.05, 0.1) is 21.3 Å². The van der Waals surface area contributed by atoms with Gasteiger partial charge in [-0.25, -0.2) is 0 Å². The summed E-state index contributed by atoms with van der Waals surface area (Å²) in [6.45, 7) is 7.85. The average molecular weight is 438 g/mol. The Morgan fingerprint density at radius 2 is 1.66 bits per heavy atom. The fourth-order valence-corrected chi connectivity index (χ4v) is 4.41. The van der Waals surface area contributed by atoms with Gasteiger partial charge in [-0.2, -0.15) is 0 Å². The summed E-state index contributed by atoms with van der Waals surface area (Å²) in [6.07, 6.45) is 0. The number of fused-ring (bicyclic) bond motifs is 1. The van der Waals surface area contributed by atoms with Crippen LogP contribution in [0.1, 0.15) is 27.2 Å². The minimum atomic E-state index is 0.0912. The zero-order chi connectivity index (χ0) is 22.8. The van der Waals surface area contributed by atoms with E-state index >= 15 is 0 Å². The number of ether oxygens (including phenoxy) is 3. The van der Waals surface area contributed by atoms with Crippen molar-refractivity contribution >= 4 is 16.8 Å². The van der Waals surface area contributed by atoms with E-state index in [0.29, 0.717) is 30.3 Å². The van der Waals surface area contributed by atoms with Crippen molar-refractivity contribution in [2.24, 2.45) is 0 Å². The van der Waals surface area contributed by atoms with Crippen LogP contribution in [0.2, 0.25) is 0 Å². The van der Waals surface area contributed by atoms with E-state index in [0.717, 1.165) is 47.4 Å². The standard InChI is InChI=1S/C25H31N3O4/c1-16-17(2)26-21-8-6-18(14-20(16)21)25(29)28-12-10-27(11-13-28)15-19-7-9-22(30-3)24(32-5)23(19)31-4/h6-9,14,26H,10-13,15H2,1-5H3. The van der Waals surface area contributed by atoms with E-state index in [1.807, 2.05) is 35.2 Å². The molecule has 0 unspecified atom stereocenters. The minimum Gasteiger partial charge on any atom is -0.493 e. The van der Waals surface area contributed by atoms with E-state index in [1.54, 1.807) is 21.3 Å². The number of carbonyl (C=O) groups is 1. The van der Waals surface area contributed by atoms with Gasteiger partial charge in [0.2, 0.25) is 5.75 Å². The van der Waals surface area contributed by atoms with Crippen molar-refractivity contribution < 1.29 is 19.0 Å². The van der Waals surface area contributed by atoms with Gasteiger partial charge in [-0.3, -0.25) is 9.69 Å². The van der Waals surface area contributed by atoms with Crippen LogP contribution in [0.5, 0.6) is 17.2 Å². The number of aryl methyl sites for hydroxylation is 2. The highest BCUT2D eigenvalue weighted by molar-refractivity contribution is 5.99. The van der Waals surface area contributed by atoms with E-state index in [1.165, 1.54) is 5.56 Å². The van der Waals surface area contributed by atoms with Gasteiger partial charge in [-0.05, 0) is 43.7 Å². The maximum atomic E-state index is 13.1. The van der Waals surface area contributed by atoms with Crippen LogP contribution in [-0.4, -0.2) is 68.2 Å². The molecule has 3 aromatic rings. The van der Waals surface area contributed by atoms with Gasteiger partial charge in [0, 0.05) is 60.4 Å². The molecule has 1 aliphatic heterocycles. The molecular formula is C25H31N3O4. The molecule has 4 rings (SSSR count). The lowest BCUT2D eigenvalue weighted by atomic mass is 10.1. The summed E-state index contributed by atoms with van der Waals surface area (Å²) in [7, 11) is 4.87. The quantitative estimate of drug-likeness (QED) is 0.636. The second-order valence-corrected chi connectivity index (χ2v) is 8.20. The van der Waals surface area contributed by atoms with Gasteiger partial charge in [0.15, 0.2) is 11.5 Å². The van der Waals surface area contributed by atoms with Crippen LogP contribution in [0.3, 0.4) is 0 Å². The molecule has 1 saturated heterocycles. The molecule has 0 spiro atoms. The number of benzene rings is 2. The molecular weight excluding hydrogens is 406 g/mol. The minimum absolute atomic E-state index is 0.0912. The number of nitrogens with zero attached hydrogens (tertiary/aromatic N) is 2. The molecule has 0 saturated carbocycles. The first-order chi connectivity index (χ1) is 15.5. The van der Waals surface area contributed by atoms with E-state index in [4.69, 9.17) is 14.2 Å². The van der Waals surface area contributed by atoms with Crippen LogP contribution in [0.25, 0.3) is 10.9 Å². The number of rotatable bonds is 6. The monoisotopic (exact) mass is 437 g/mol. The summed E-state index contributed by atoms with van der Waals surface area (Å²) in [6, 6.07) is 9.84. The molecule has 32 heavy (non-hydrogen) atoms. The number of aromatic nitrogens is 1. The third kappa shape index (κ3) is 4.00. The fourth-order valence-electron chi connectivity index (χ4n) is 4.41. The number of hydrogen-bond donors (Lipinski definition) is 1. The van der Waals surface area contributed by atoms with E-state index in [-0.39, 0.29) is 5.91 Å². The average Bonchev–Trinajstić information content (AvgIpc) is 3.11. The fraction of sp³-hybridized carbons (Fsp3) is 0.400. The van der Waals surface area contributed by atoms with Gasteiger partial charge in [0.25, 0.3) is 5.91 Å². The van der Waals surface area contributed by atoms with Crippen LogP contribution in [0.4, 0.5) is 0 Å². The summed E-state index contributed by atoms with van der Waals surface area (Å²) in [5, 5.41) is 1.12. The Morgan fingerprint density at radius 3 is 2.31 bits per heavy atom. The van der Waals surface area contributed by atoms with Crippen molar-refractivity contribution in [3.05, 3.63) is 52.7 Å². The number of hydrogen-bond acceptors (Lipinski definition) is 5. The Bertz CT molecular complexity index is 1130. The Morgan fingerprint density at radius 1 is 0.938 bits per heavy atom. The molecule has 1 fully saturated rings. The molecule has 2 aromatic carbocycles. The molecule has 0 atom stereocenters. The van der Waals surface area contributed by atoms with Crippen molar-refractivity contribution in [1.82, 2.24) is 14.8 Å². The highest BCUT2D eigenvalue weighted by Gasteiger charge is 2.24. The smallest absolute Gasteiger partial charge is 0.253 e. The Balaban J connectivity index is 1.43. The van der Waals surface area contributed by atoms with Crippen LogP contribution >= 0.6 is 0 Å².